The predicted molar refractivity (Wildman–Crippen MR) is 187 cm³/mol. The minimum absolute atomic E-state index is 0.451. The first-order valence-electron chi connectivity index (χ1n) is 17.6. The summed E-state index contributed by atoms with van der Waals surface area (Å²) in [6.45, 7) is 14.1. The Labute approximate surface area is 258 Å². The highest BCUT2D eigenvalue weighted by Crippen LogP contribution is 2.81. The lowest BCUT2D eigenvalue weighted by Gasteiger charge is -2.55. The van der Waals surface area contributed by atoms with Gasteiger partial charge in [-0.3, -0.25) is 9.80 Å². The number of rotatable bonds is 6. The molecule has 0 aromatic heterocycles. The molecule has 6 rings (SSSR count). The summed E-state index contributed by atoms with van der Waals surface area (Å²) in [4.78, 5) is 5.77. The van der Waals surface area contributed by atoms with Crippen LogP contribution >= 0.6 is 7.26 Å². The molecule has 0 atom stereocenters. The average Bonchev–Trinajstić information content (AvgIpc) is 3.38. The van der Waals surface area contributed by atoms with Gasteiger partial charge < -0.3 is 0 Å². The molecule has 42 heavy (non-hydrogen) atoms. The molecule has 2 aromatic rings. The van der Waals surface area contributed by atoms with E-state index in [4.69, 9.17) is 0 Å². The fourth-order valence-electron chi connectivity index (χ4n) is 10.4. The zero-order chi connectivity index (χ0) is 29.4. The van der Waals surface area contributed by atoms with Crippen LogP contribution in [-0.4, -0.2) is 22.9 Å². The maximum atomic E-state index is 2.88. The van der Waals surface area contributed by atoms with Gasteiger partial charge in [0, 0.05) is 12.4 Å². The van der Waals surface area contributed by atoms with Crippen molar-refractivity contribution in [3.63, 3.8) is 0 Å². The Balaban J connectivity index is 1.63. The van der Waals surface area contributed by atoms with E-state index in [-0.39, 0.29) is 0 Å². The maximum absolute atomic E-state index is 2.88. The lowest BCUT2D eigenvalue weighted by atomic mass is 9.99. The molecule has 4 aliphatic rings. The summed E-state index contributed by atoms with van der Waals surface area (Å²) in [5.41, 5.74) is 14.4. The third kappa shape index (κ3) is 5.38. The van der Waals surface area contributed by atoms with Crippen LogP contribution in [0.15, 0.2) is 36.7 Å². The normalized spacial score (nSPS) is 22.0. The average molecular weight is 586 g/mol. The van der Waals surface area contributed by atoms with E-state index in [2.05, 4.69) is 88.0 Å². The van der Waals surface area contributed by atoms with E-state index in [1.54, 1.807) is 0 Å². The second-order valence-electron chi connectivity index (χ2n) is 14.7. The second kappa shape index (κ2) is 12.7. The first-order valence-corrected chi connectivity index (χ1v) is 19.7. The molecule has 0 N–H and O–H groups in total. The van der Waals surface area contributed by atoms with Crippen molar-refractivity contribution in [2.75, 3.05) is 9.80 Å². The minimum atomic E-state index is -1.53. The number of nitrogens with zero attached hydrogens (tertiary/aromatic N) is 2. The summed E-state index contributed by atoms with van der Waals surface area (Å²) in [5, 5.41) is 0. The topological polar surface area (TPSA) is 6.48 Å². The highest BCUT2D eigenvalue weighted by Gasteiger charge is 2.66. The third-order valence-electron chi connectivity index (χ3n) is 11.7. The van der Waals surface area contributed by atoms with Crippen molar-refractivity contribution in [2.45, 2.75) is 161 Å². The molecule has 0 radical (unpaired) electrons. The van der Waals surface area contributed by atoms with Gasteiger partial charge in [-0.15, -0.1) is 0 Å². The molecule has 0 spiro atoms. The van der Waals surface area contributed by atoms with Crippen LogP contribution in [-0.2, 0) is 0 Å². The Morgan fingerprint density at radius 3 is 1.02 bits per heavy atom. The molecular formula is C39H58N2P+. The number of aryl methyl sites for hydroxylation is 6. The van der Waals surface area contributed by atoms with Gasteiger partial charge in [-0.05, 0) is 141 Å². The number of hydrogen-bond donors (Lipinski definition) is 0. The van der Waals surface area contributed by atoms with Crippen LogP contribution in [0.5, 0.6) is 0 Å². The lowest BCUT2D eigenvalue weighted by molar-refractivity contribution is 0.445. The molecule has 0 amide bonds. The van der Waals surface area contributed by atoms with E-state index >= 15 is 0 Å². The van der Waals surface area contributed by atoms with Gasteiger partial charge in [0.2, 0.25) is 5.91 Å². The molecule has 0 unspecified atom stereocenters. The summed E-state index contributed by atoms with van der Waals surface area (Å²) in [6, 6.07) is 9.78. The maximum Gasteiger partial charge on any atom is 0.224 e. The van der Waals surface area contributed by atoms with Crippen molar-refractivity contribution in [3.8, 4) is 0 Å². The fraction of sp³-hybridized carbons (Fsp3) is 0.641. The van der Waals surface area contributed by atoms with Gasteiger partial charge in [-0.1, -0.05) is 54.7 Å². The van der Waals surface area contributed by atoms with Crippen LogP contribution in [0.25, 0.3) is 0 Å². The zero-order valence-electron chi connectivity index (χ0n) is 27.7. The van der Waals surface area contributed by atoms with Crippen LogP contribution in [0.1, 0.15) is 130 Å². The van der Waals surface area contributed by atoms with E-state index in [0.717, 1.165) is 17.0 Å². The summed E-state index contributed by atoms with van der Waals surface area (Å²) in [5.74, 6) is 0.451. The molecule has 228 valence electrons. The molecule has 0 bridgehead atoms. The van der Waals surface area contributed by atoms with Gasteiger partial charge in [0.25, 0.3) is 0 Å². The zero-order valence-corrected chi connectivity index (χ0v) is 28.6. The molecule has 1 heterocycles. The van der Waals surface area contributed by atoms with Gasteiger partial charge in [0.15, 0.2) is 0 Å². The third-order valence-corrected chi connectivity index (χ3v) is 18.3. The largest absolute Gasteiger partial charge is 0.294 e. The number of hydrogen-bond acceptors (Lipinski definition) is 2. The Kier molecular flexibility index (Phi) is 9.13. The highest BCUT2D eigenvalue weighted by molar-refractivity contribution is 7.78. The Morgan fingerprint density at radius 2 is 0.738 bits per heavy atom. The van der Waals surface area contributed by atoms with E-state index in [1.165, 1.54) is 141 Å². The molecule has 2 nitrogen and oxygen atoms in total. The molecule has 0 saturated heterocycles. The molecule has 3 saturated carbocycles. The van der Waals surface area contributed by atoms with Crippen LogP contribution < -0.4 is 9.80 Å². The van der Waals surface area contributed by atoms with Crippen molar-refractivity contribution >= 4 is 18.6 Å². The number of benzene rings is 2. The summed E-state index contributed by atoms with van der Waals surface area (Å²) in [7, 11) is -1.53. The Morgan fingerprint density at radius 1 is 0.452 bits per heavy atom. The van der Waals surface area contributed by atoms with Gasteiger partial charge in [0.05, 0.1) is 35.6 Å². The van der Waals surface area contributed by atoms with E-state index < -0.39 is 7.26 Å². The highest BCUT2D eigenvalue weighted by atomic mass is 31.2. The Bertz CT molecular complexity index is 1120. The smallest absolute Gasteiger partial charge is 0.224 e. The molecule has 1 aliphatic heterocycles. The first-order chi connectivity index (χ1) is 20.3. The van der Waals surface area contributed by atoms with Crippen molar-refractivity contribution < 1.29 is 0 Å². The molecule has 3 heteroatoms. The number of anilines is 2. The molecule has 3 aliphatic carbocycles. The minimum Gasteiger partial charge on any atom is -0.294 e. The van der Waals surface area contributed by atoms with Crippen LogP contribution in [0.2, 0.25) is 0 Å². The van der Waals surface area contributed by atoms with Crippen molar-refractivity contribution in [3.05, 3.63) is 70.0 Å². The van der Waals surface area contributed by atoms with Gasteiger partial charge in [-0.25, -0.2) is 0 Å². The quantitative estimate of drug-likeness (QED) is 0.311. The van der Waals surface area contributed by atoms with Crippen LogP contribution in [0.4, 0.5) is 11.4 Å². The standard InChI is InChI=1S/C39H58N2P/c1-28-24-30(3)37(31(4)25-28)40-22-23-41(38-32(5)26-29(2)27-33(38)6)39(40)42(34-16-10-7-11-17-34,35-18-12-8-13-19-35)36-20-14-9-15-21-36/h22-27,34-36,39H,7-21H2,1-6H3/q+1. The Hall–Kier alpha value is -1.79. The van der Waals surface area contributed by atoms with Crippen LogP contribution in [0, 0.1) is 41.5 Å². The van der Waals surface area contributed by atoms with Gasteiger partial charge in [0.1, 0.15) is 0 Å². The first kappa shape index (κ1) is 30.2. The monoisotopic (exact) mass is 585 g/mol. The summed E-state index contributed by atoms with van der Waals surface area (Å²) >= 11 is 0. The molecule has 3 fully saturated rings. The van der Waals surface area contributed by atoms with E-state index in [9.17, 15) is 0 Å². The van der Waals surface area contributed by atoms with Gasteiger partial charge in [-0.2, -0.15) is 0 Å². The van der Waals surface area contributed by atoms with Crippen molar-refractivity contribution in [1.29, 1.82) is 0 Å². The van der Waals surface area contributed by atoms with Crippen LogP contribution in [0.3, 0.4) is 0 Å². The SMILES string of the molecule is Cc1cc(C)c(N2C=CN(c3c(C)cc(C)cc3C)C2[P+](C2CCCCC2)(C2CCCCC2)C2CCCCC2)c(C)c1. The summed E-state index contributed by atoms with van der Waals surface area (Å²) in [6.07, 6.45) is 27.1. The van der Waals surface area contributed by atoms with Crippen molar-refractivity contribution in [2.24, 2.45) is 0 Å². The lowest BCUT2D eigenvalue weighted by Crippen LogP contribution is -2.52. The fourth-order valence-corrected chi connectivity index (χ4v) is 18.4. The second-order valence-corrected chi connectivity index (χ2v) is 19.2. The molecule has 2 aromatic carbocycles. The summed E-state index contributed by atoms with van der Waals surface area (Å²) < 4.78 is 0. The van der Waals surface area contributed by atoms with Gasteiger partial charge >= 0.3 is 0 Å². The van der Waals surface area contributed by atoms with Crippen molar-refractivity contribution in [1.82, 2.24) is 0 Å². The molecular weight excluding hydrogens is 527 g/mol. The predicted octanol–water partition coefficient (Wildman–Crippen LogP) is 11.6. The van der Waals surface area contributed by atoms with E-state index in [1.807, 2.05) is 0 Å². The van der Waals surface area contributed by atoms with E-state index in [0.29, 0.717) is 5.91 Å².